The number of pyridine rings is 1. The molecule has 0 bridgehead atoms. The molecule has 1 aliphatic heterocycles. The van der Waals surface area contributed by atoms with E-state index in [1.54, 1.807) is 36.4 Å². The number of amides is 2. The molecule has 1 unspecified atom stereocenters. The van der Waals surface area contributed by atoms with Gasteiger partial charge in [-0.2, -0.15) is 0 Å². The summed E-state index contributed by atoms with van der Waals surface area (Å²) < 4.78 is 32.2. The average molecular weight is 409 g/mol. The minimum Gasteiger partial charge on any atom is -0.492 e. The van der Waals surface area contributed by atoms with Crippen molar-refractivity contribution in [1.29, 1.82) is 0 Å². The van der Waals surface area contributed by atoms with Crippen LogP contribution in [0.25, 0.3) is 0 Å². The van der Waals surface area contributed by atoms with Crippen molar-refractivity contribution in [2.24, 2.45) is 0 Å². The fourth-order valence-electron chi connectivity index (χ4n) is 3.26. The van der Waals surface area contributed by atoms with Crippen molar-refractivity contribution >= 4 is 17.5 Å². The minimum atomic E-state index is -1.06. The van der Waals surface area contributed by atoms with Crippen LogP contribution in [-0.4, -0.2) is 23.4 Å². The Kier molecular flexibility index (Phi) is 5.38. The molecule has 1 aliphatic rings. The third-order valence-corrected chi connectivity index (χ3v) is 4.70. The Balaban J connectivity index is 1.57. The lowest BCUT2D eigenvalue weighted by Gasteiger charge is -2.28. The number of fused-ring (bicyclic) bond motifs is 1. The molecule has 0 saturated carbocycles. The molecule has 0 aliphatic carbocycles. The Morgan fingerprint density at radius 1 is 1.00 bits per heavy atom. The Morgan fingerprint density at radius 2 is 1.87 bits per heavy atom. The molecule has 6 nitrogen and oxygen atoms in total. The zero-order valence-electron chi connectivity index (χ0n) is 15.7. The van der Waals surface area contributed by atoms with Crippen LogP contribution >= 0.6 is 0 Å². The van der Waals surface area contributed by atoms with Gasteiger partial charge in [0.15, 0.2) is 11.6 Å². The van der Waals surface area contributed by atoms with Crippen LogP contribution in [0.4, 0.5) is 14.5 Å². The third kappa shape index (κ3) is 3.98. The molecule has 0 radical (unpaired) electrons. The number of benzene rings is 2. The van der Waals surface area contributed by atoms with Gasteiger partial charge in [-0.15, -0.1) is 0 Å². The van der Waals surface area contributed by atoms with Crippen LogP contribution in [-0.2, 0) is 0 Å². The van der Waals surface area contributed by atoms with E-state index >= 15 is 0 Å². The fourth-order valence-corrected chi connectivity index (χ4v) is 3.26. The molecule has 30 heavy (non-hydrogen) atoms. The molecule has 0 spiro atoms. The highest BCUT2D eigenvalue weighted by Gasteiger charge is 2.27. The van der Waals surface area contributed by atoms with E-state index in [2.05, 4.69) is 15.6 Å². The van der Waals surface area contributed by atoms with E-state index in [9.17, 15) is 18.4 Å². The van der Waals surface area contributed by atoms with Crippen LogP contribution in [0.15, 0.2) is 60.8 Å². The highest BCUT2D eigenvalue weighted by atomic mass is 19.2. The van der Waals surface area contributed by atoms with Gasteiger partial charge in [-0.3, -0.25) is 14.6 Å². The number of carbonyl (C=O) groups excluding carboxylic acids is 2. The molecule has 1 aromatic heterocycles. The van der Waals surface area contributed by atoms with E-state index < -0.39 is 17.5 Å². The number of carbonyl (C=O) groups is 2. The molecule has 1 atom stereocenters. The van der Waals surface area contributed by atoms with Crippen molar-refractivity contribution in [3.63, 3.8) is 0 Å². The van der Waals surface area contributed by atoms with Crippen molar-refractivity contribution in [3.8, 4) is 5.75 Å². The van der Waals surface area contributed by atoms with Gasteiger partial charge in [-0.25, -0.2) is 8.78 Å². The Hall–Kier alpha value is -3.81. The largest absolute Gasteiger partial charge is 0.492 e. The van der Waals surface area contributed by atoms with E-state index in [0.29, 0.717) is 24.3 Å². The normalized spacial score (nSPS) is 14.9. The Morgan fingerprint density at radius 3 is 2.63 bits per heavy atom. The van der Waals surface area contributed by atoms with Gasteiger partial charge in [0.1, 0.15) is 11.4 Å². The molecular weight excluding hydrogens is 392 g/mol. The third-order valence-electron chi connectivity index (χ3n) is 4.70. The monoisotopic (exact) mass is 409 g/mol. The lowest BCUT2D eigenvalue weighted by molar-refractivity contribution is 0.0919. The summed E-state index contributed by atoms with van der Waals surface area (Å²) in [5, 5.41) is 5.45. The first-order chi connectivity index (χ1) is 14.5. The lowest BCUT2D eigenvalue weighted by Crippen LogP contribution is -2.33. The first kappa shape index (κ1) is 19.5. The second-order valence-corrected chi connectivity index (χ2v) is 6.69. The minimum absolute atomic E-state index is 0.118. The molecule has 3 aromatic rings. The molecule has 0 saturated heterocycles. The summed E-state index contributed by atoms with van der Waals surface area (Å²) in [5.74, 6) is -2.58. The molecule has 2 aromatic carbocycles. The van der Waals surface area contributed by atoms with Crippen LogP contribution in [0, 0.1) is 11.6 Å². The Labute approximate surface area is 170 Å². The number of aromatic nitrogens is 1. The number of nitrogens with zero attached hydrogens (tertiary/aromatic N) is 1. The number of halogens is 2. The molecule has 0 fully saturated rings. The van der Waals surface area contributed by atoms with Crippen LogP contribution in [0.1, 0.15) is 38.9 Å². The predicted octanol–water partition coefficient (Wildman–Crippen LogP) is 3.87. The van der Waals surface area contributed by atoms with Crippen LogP contribution < -0.4 is 15.4 Å². The van der Waals surface area contributed by atoms with Crippen LogP contribution in [0.2, 0.25) is 0 Å². The first-order valence-electron chi connectivity index (χ1n) is 9.27. The standard InChI is InChI=1S/C22H17F2N3O3/c23-16-8-7-13(12-17(16)24)26-21(28)15-5-3-4-14-18(9-11-30-20(14)15)27-22(29)19-6-1-2-10-25-19/h1-8,10,12,18H,9,11H2,(H,26,28)(H,27,29). The zero-order valence-corrected chi connectivity index (χ0v) is 15.7. The number of anilines is 1. The van der Waals surface area contributed by atoms with E-state index in [4.69, 9.17) is 4.74 Å². The van der Waals surface area contributed by atoms with Crippen molar-refractivity contribution in [1.82, 2.24) is 10.3 Å². The number of rotatable bonds is 4. The molecule has 2 amide bonds. The van der Waals surface area contributed by atoms with Gasteiger partial charge in [-0.05, 0) is 30.3 Å². The van der Waals surface area contributed by atoms with Gasteiger partial charge in [0.05, 0.1) is 18.2 Å². The van der Waals surface area contributed by atoms with E-state index in [0.717, 1.165) is 12.1 Å². The lowest BCUT2D eigenvalue weighted by atomic mass is 9.97. The summed E-state index contributed by atoms with van der Waals surface area (Å²) in [4.78, 5) is 29.3. The van der Waals surface area contributed by atoms with Crippen LogP contribution in [0.5, 0.6) is 5.75 Å². The molecule has 152 valence electrons. The van der Waals surface area contributed by atoms with Gasteiger partial charge in [0.25, 0.3) is 11.8 Å². The maximum absolute atomic E-state index is 13.4. The van der Waals surface area contributed by atoms with Crippen molar-refractivity contribution in [2.75, 3.05) is 11.9 Å². The fraction of sp³-hybridized carbons (Fsp3) is 0.136. The zero-order chi connectivity index (χ0) is 21.1. The average Bonchev–Trinajstić information content (AvgIpc) is 2.76. The van der Waals surface area contributed by atoms with Crippen LogP contribution in [0.3, 0.4) is 0 Å². The van der Waals surface area contributed by atoms with Gasteiger partial charge in [0, 0.05) is 29.9 Å². The SMILES string of the molecule is O=C(NC1CCOc2c(C(=O)Nc3ccc(F)c(F)c3)cccc21)c1ccccn1. The number of para-hydroxylation sites is 1. The number of hydrogen-bond acceptors (Lipinski definition) is 4. The number of nitrogens with one attached hydrogen (secondary N) is 2. The second kappa shape index (κ2) is 8.28. The Bertz CT molecular complexity index is 1110. The van der Waals surface area contributed by atoms with Gasteiger partial charge < -0.3 is 15.4 Å². The quantitative estimate of drug-likeness (QED) is 0.686. The number of ether oxygens (including phenoxy) is 1. The highest BCUT2D eigenvalue weighted by Crippen LogP contribution is 2.35. The van der Waals surface area contributed by atoms with Gasteiger partial charge in [0.2, 0.25) is 0 Å². The van der Waals surface area contributed by atoms with Crippen molar-refractivity contribution < 1.29 is 23.1 Å². The molecule has 2 N–H and O–H groups in total. The molecule has 2 heterocycles. The van der Waals surface area contributed by atoms with E-state index in [1.807, 2.05) is 0 Å². The van der Waals surface area contributed by atoms with Gasteiger partial charge >= 0.3 is 0 Å². The van der Waals surface area contributed by atoms with Gasteiger partial charge in [-0.1, -0.05) is 18.2 Å². The summed E-state index contributed by atoms with van der Waals surface area (Å²) in [6, 6.07) is 12.8. The van der Waals surface area contributed by atoms with Crippen molar-refractivity contribution in [2.45, 2.75) is 12.5 Å². The summed E-state index contributed by atoms with van der Waals surface area (Å²) >= 11 is 0. The summed E-state index contributed by atoms with van der Waals surface area (Å²) in [7, 11) is 0. The topological polar surface area (TPSA) is 80.3 Å². The summed E-state index contributed by atoms with van der Waals surface area (Å²) in [6.07, 6.45) is 2.06. The predicted molar refractivity (Wildman–Crippen MR) is 105 cm³/mol. The smallest absolute Gasteiger partial charge is 0.270 e. The first-order valence-corrected chi connectivity index (χ1v) is 9.27. The molecule has 4 rings (SSSR count). The summed E-state index contributed by atoms with van der Waals surface area (Å²) in [6.45, 7) is 0.301. The molecular formula is C22H17F2N3O3. The van der Waals surface area contributed by atoms with E-state index in [1.165, 1.54) is 12.3 Å². The van der Waals surface area contributed by atoms with E-state index in [-0.39, 0.29) is 28.9 Å². The molecule has 8 heteroatoms. The maximum Gasteiger partial charge on any atom is 0.270 e. The maximum atomic E-state index is 13.4. The van der Waals surface area contributed by atoms with Crippen molar-refractivity contribution in [3.05, 3.63) is 89.2 Å². The number of hydrogen-bond donors (Lipinski definition) is 2. The highest BCUT2D eigenvalue weighted by molar-refractivity contribution is 6.06. The second-order valence-electron chi connectivity index (χ2n) is 6.69. The summed E-state index contributed by atoms with van der Waals surface area (Å²) in [5.41, 5.74) is 1.29.